The highest BCUT2D eigenvalue weighted by atomic mass is 35.5. The molecule has 0 spiro atoms. The molecule has 1 aromatic rings. The highest BCUT2D eigenvalue weighted by Gasteiger charge is 2.08. The van der Waals surface area contributed by atoms with Crippen molar-refractivity contribution < 1.29 is 0 Å². The van der Waals surface area contributed by atoms with Crippen LogP contribution < -0.4 is 5.32 Å². The Labute approximate surface area is 89.9 Å². The summed E-state index contributed by atoms with van der Waals surface area (Å²) in [7, 11) is 0. The van der Waals surface area contributed by atoms with Gasteiger partial charge in [0.05, 0.1) is 11.4 Å². The fourth-order valence-electron chi connectivity index (χ4n) is 1.00. The van der Waals surface area contributed by atoms with Gasteiger partial charge in [-0.3, -0.25) is 0 Å². The van der Waals surface area contributed by atoms with Crippen molar-refractivity contribution in [2.75, 3.05) is 5.32 Å². The maximum absolute atomic E-state index is 5.97. The van der Waals surface area contributed by atoms with Crippen LogP contribution in [-0.2, 0) is 0 Å². The minimum atomic E-state index is 0.365. The molecule has 0 radical (unpaired) electrons. The molecule has 4 heteroatoms. The molecular formula is C10H16ClN3. The monoisotopic (exact) mass is 213 g/mol. The molecular weight excluding hydrogens is 198 g/mol. The lowest BCUT2D eigenvalue weighted by molar-refractivity contribution is 0.756. The van der Waals surface area contributed by atoms with E-state index in [4.69, 9.17) is 11.6 Å². The van der Waals surface area contributed by atoms with Gasteiger partial charge in [-0.2, -0.15) is 0 Å². The Morgan fingerprint density at radius 2 is 1.86 bits per heavy atom. The first kappa shape index (κ1) is 11.2. The molecule has 1 unspecified atom stereocenters. The van der Waals surface area contributed by atoms with Crippen molar-refractivity contribution in [3.63, 3.8) is 0 Å². The van der Waals surface area contributed by atoms with Gasteiger partial charge < -0.3 is 5.32 Å². The van der Waals surface area contributed by atoms with Crippen LogP contribution in [0.1, 0.15) is 31.7 Å². The standard InChI is InChI=1S/C10H16ClN3/c1-5-6(2)12-10-9(11)13-7(3)8(4)14-10/h6H,5H2,1-4H3,(H,12,14). The molecule has 1 N–H and O–H groups in total. The summed E-state index contributed by atoms with van der Waals surface area (Å²) in [6, 6.07) is 0.365. The average Bonchev–Trinajstić information content (AvgIpc) is 2.14. The SMILES string of the molecule is CCC(C)Nc1nc(C)c(C)nc1Cl. The van der Waals surface area contributed by atoms with Crippen LogP contribution in [0.15, 0.2) is 0 Å². The highest BCUT2D eigenvalue weighted by molar-refractivity contribution is 6.31. The summed E-state index contributed by atoms with van der Waals surface area (Å²) in [6.07, 6.45) is 1.03. The van der Waals surface area contributed by atoms with Gasteiger partial charge in [-0.25, -0.2) is 9.97 Å². The van der Waals surface area contributed by atoms with Gasteiger partial charge in [-0.15, -0.1) is 0 Å². The second-order valence-electron chi connectivity index (χ2n) is 3.49. The first-order valence-electron chi connectivity index (χ1n) is 4.81. The summed E-state index contributed by atoms with van der Waals surface area (Å²) < 4.78 is 0. The highest BCUT2D eigenvalue weighted by Crippen LogP contribution is 2.19. The third-order valence-electron chi connectivity index (χ3n) is 2.26. The van der Waals surface area contributed by atoms with E-state index >= 15 is 0 Å². The minimum absolute atomic E-state index is 0.365. The van der Waals surface area contributed by atoms with E-state index < -0.39 is 0 Å². The first-order chi connectivity index (χ1) is 6.54. The molecule has 0 fully saturated rings. The van der Waals surface area contributed by atoms with Gasteiger partial charge in [-0.05, 0) is 27.2 Å². The molecule has 1 aromatic heterocycles. The van der Waals surface area contributed by atoms with E-state index in [0.29, 0.717) is 17.0 Å². The predicted molar refractivity (Wildman–Crippen MR) is 59.9 cm³/mol. The number of hydrogen-bond donors (Lipinski definition) is 1. The van der Waals surface area contributed by atoms with Crippen LogP contribution in [-0.4, -0.2) is 16.0 Å². The van der Waals surface area contributed by atoms with Gasteiger partial charge in [0.2, 0.25) is 0 Å². The minimum Gasteiger partial charge on any atom is -0.365 e. The first-order valence-corrected chi connectivity index (χ1v) is 5.19. The van der Waals surface area contributed by atoms with Gasteiger partial charge in [0.1, 0.15) is 0 Å². The molecule has 0 bridgehead atoms. The van der Waals surface area contributed by atoms with Crippen LogP contribution in [0.4, 0.5) is 5.82 Å². The largest absolute Gasteiger partial charge is 0.365 e. The average molecular weight is 214 g/mol. The van der Waals surface area contributed by atoms with E-state index in [9.17, 15) is 0 Å². The Balaban J connectivity index is 2.92. The number of anilines is 1. The molecule has 0 amide bonds. The zero-order chi connectivity index (χ0) is 10.7. The summed E-state index contributed by atoms with van der Waals surface area (Å²) in [5.41, 5.74) is 1.80. The number of nitrogens with one attached hydrogen (secondary N) is 1. The Morgan fingerprint density at radius 1 is 1.29 bits per heavy atom. The summed E-state index contributed by atoms with van der Waals surface area (Å²) in [4.78, 5) is 8.56. The van der Waals surface area contributed by atoms with Gasteiger partial charge in [0.25, 0.3) is 0 Å². The molecule has 1 rings (SSSR count). The number of rotatable bonds is 3. The van der Waals surface area contributed by atoms with E-state index in [0.717, 1.165) is 17.8 Å². The van der Waals surface area contributed by atoms with Crippen LogP contribution in [0, 0.1) is 13.8 Å². The van der Waals surface area contributed by atoms with E-state index in [2.05, 4.69) is 29.1 Å². The molecule has 0 aromatic carbocycles. The van der Waals surface area contributed by atoms with Crippen molar-refractivity contribution in [1.82, 2.24) is 9.97 Å². The molecule has 78 valence electrons. The number of hydrogen-bond acceptors (Lipinski definition) is 3. The smallest absolute Gasteiger partial charge is 0.171 e. The van der Waals surface area contributed by atoms with E-state index in [-0.39, 0.29) is 0 Å². The molecule has 1 atom stereocenters. The van der Waals surface area contributed by atoms with Crippen LogP contribution >= 0.6 is 11.6 Å². The lowest BCUT2D eigenvalue weighted by Crippen LogP contribution is -2.15. The molecule has 0 saturated heterocycles. The topological polar surface area (TPSA) is 37.8 Å². The van der Waals surface area contributed by atoms with Gasteiger partial charge in [0.15, 0.2) is 11.0 Å². The van der Waals surface area contributed by atoms with Gasteiger partial charge in [0, 0.05) is 6.04 Å². The fourth-order valence-corrected chi connectivity index (χ4v) is 1.23. The number of nitrogens with zero attached hydrogens (tertiary/aromatic N) is 2. The zero-order valence-corrected chi connectivity index (χ0v) is 9.81. The predicted octanol–water partition coefficient (Wildman–Crippen LogP) is 2.96. The molecule has 0 aliphatic heterocycles. The quantitative estimate of drug-likeness (QED) is 0.839. The van der Waals surface area contributed by atoms with E-state index in [1.807, 2.05) is 13.8 Å². The Kier molecular flexibility index (Phi) is 3.69. The normalized spacial score (nSPS) is 12.6. The van der Waals surface area contributed by atoms with Gasteiger partial charge in [-0.1, -0.05) is 18.5 Å². The molecule has 1 heterocycles. The van der Waals surface area contributed by atoms with Crippen LogP contribution in [0.2, 0.25) is 5.15 Å². The van der Waals surface area contributed by atoms with E-state index in [1.54, 1.807) is 0 Å². The van der Waals surface area contributed by atoms with Crippen molar-refractivity contribution in [3.05, 3.63) is 16.5 Å². The van der Waals surface area contributed by atoms with Crippen LogP contribution in [0.3, 0.4) is 0 Å². The maximum Gasteiger partial charge on any atom is 0.171 e. The molecule has 0 saturated carbocycles. The maximum atomic E-state index is 5.97. The Morgan fingerprint density at radius 3 is 2.43 bits per heavy atom. The van der Waals surface area contributed by atoms with Crippen molar-refractivity contribution in [3.8, 4) is 0 Å². The summed E-state index contributed by atoms with van der Waals surface area (Å²) >= 11 is 5.97. The molecule has 3 nitrogen and oxygen atoms in total. The number of halogens is 1. The van der Waals surface area contributed by atoms with Crippen molar-refractivity contribution in [2.24, 2.45) is 0 Å². The Hall–Kier alpha value is -0.830. The molecule has 0 aliphatic rings. The van der Waals surface area contributed by atoms with Crippen molar-refractivity contribution in [2.45, 2.75) is 40.2 Å². The van der Waals surface area contributed by atoms with Crippen LogP contribution in [0.25, 0.3) is 0 Å². The van der Waals surface area contributed by atoms with Crippen LogP contribution in [0.5, 0.6) is 0 Å². The number of aromatic nitrogens is 2. The molecule has 0 aliphatic carbocycles. The summed E-state index contributed by atoms with van der Waals surface area (Å²) in [5.74, 6) is 0.684. The van der Waals surface area contributed by atoms with Crippen molar-refractivity contribution in [1.29, 1.82) is 0 Å². The third-order valence-corrected chi connectivity index (χ3v) is 2.52. The summed E-state index contributed by atoms with van der Waals surface area (Å²) in [6.45, 7) is 8.04. The Bertz CT molecular complexity index is 325. The van der Waals surface area contributed by atoms with E-state index in [1.165, 1.54) is 0 Å². The number of aryl methyl sites for hydroxylation is 2. The fraction of sp³-hybridized carbons (Fsp3) is 0.600. The zero-order valence-electron chi connectivity index (χ0n) is 9.06. The summed E-state index contributed by atoms with van der Waals surface area (Å²) in [5, 5.41) is 3.67. The molecule has 14 heavy (non-hydrogen) atoms. The third kappa shape index (κ3) is 2.58. The van der Waals surface area contributed by atoms with Crippen molar-refractivity contribution >= 4 is 17.4 Å². The lowest BCUT2D eigenvalue weighted by atomic mass is 10.2. The second kappa shape index (κ2) is 4.60. The lowest BCUT2D eigenvalue weighted by Gasteiger charge is -2.13. The second-order valence-corrected chi connectivity index (χ2v) is 3.85. The van der Waals surface area contributed by atoms with Gasteiger partial charge >= 0.3 is 0 Å².